The zero-order valence-electron chi connectivity index (χ0n) is 89.7. The number of carbonyl (C=O) groups excluding carboxylic acids is 1. The van der Waals surface area contributed by atoms with Gasteiger partial charge in [0, 0.05) is 7.11 Å². The van der Waals surface area contributed by atoms with Crippen LogP contribution < -0.4 is 0 Å². The van der Waals surface area contributed by atoms with Crippen LogP contribution in [0.5, 0.6) is 0 Å². The molecule has 0 radical (unpaired) electrons. The van der Waals surface area contributed by atoms with Crippen molar-refractivity contribution in [1.29, 1.82) is 0 Å². The lowest BCUT2D eigenvalue weighted by atomic mass is 9.96. The molecule has 0 spiro atoms. The van der Waals surface area contributed by atoms with Crippen LogP contribution in [0.25, 0.3) is 0 Å². The summed E-state index contributed by atoms with van der Waals surface area (Å²) in [6, 6.07) is 0. The molecule has 2 atom stereocenters. The predicted octanol–water partition coefficient (Wildman–Crippen LogP) is 2.10. The van der Waals surface area contributed by atoms with Crippen molar-refractivity contribution >= 4 is 5.97 Å². The Labute approximate surface area is 886 Å². The highest BCUT2D eigenvalue weighted by molar-refractivity contribution is 5.93. The molecule has 2 heterocycles. The zero-order chi connectivity index (χ0) is 107. The topological polar surface area (TPSA) is 451 Å². The van der Waals surface area contributed by atoms with E-state index >= 15 is 0 Å². The van der Waals surface area contributed by atoms with Crippen LogP contribution in [0, 0.1) is 0 Å². The molecule has 0 aromatic rings. The van der Waals surface area contributed by atoms with E-state index in [1.807, 2.05) is 0 Å². The number of methoxy groups -OCH3 is 1. The lowest BCUT2D eigenvalue weighted by Crippen LogP contribution is -2.26. The number of fused-ring (bicyclic) bond motifs is 2. The number of halogens is 3. The fourth-order valence-corrected chi connectivity index (χ4v) is 11.6. The minimum Gasteiger partial charge on any atom is -0.460 e. The van der Waals surface area contributed by atoms with Crippen molar-refractivity contribution in [2.75, 3.05) is 602 Å². The van der Waals surface area contributed by atoms with Gasteiger partial charge in [-0.15, -0.1) is 0 Å². The van der Waals surface area contributed by atoms with Crippen molar-refractivity contribution in [3.63, 3.8) is 0 Å². The van der Waals surface area contributed by atoms with E-state index in [-0.39, 0.29) is 26.4 Å². The van der Waals surface area contributed by atoms with Crippen LogP contribution in [0.1, 0.15) is 0 Å². The van der Waals surface area contributed by atoms with Gasteiger partial charge in [-0.25, -0.2) is 4.79 Å². The maximum absolute atomic E-state index is 13.3. The SMILES string of the molecule is COCCOCCOCCOCCOCCOCCOCCOCCOCCOCCOCCOCCOCCOCCOCCOCCOCCOCCOCCOCCOCCOCCOCCOCCOCCOCCOCCOCCOCCOCCOCCOCCOCCOCCOCCOCCOCCOCCOCCOCCOCCOCCOCCOCCOCCOC(=O)C1=C(C(F)(F)F)C2C=CC1O2. The molecule has 0 aromatic heterocycles. The van der Waals surface area contributed by atoms with Crippen LogP contribution in [-0.2, 0) is 227 Å². The van der Waals surface area contributed by atoms with Crippen molar-refractivity contribution in [2.45, 2.75) is 18.4 Å². The van der Waals surface area contributed by atoms with E-state index in [1.165, 1.54) is 12.2 Å². The average molecular weight is 2200 g/mol. The second-order valence-corrected chi connectivity index (χ2v) is 30.8. The fourth-order valence-electron chi connectivity index (χ4n) is 11.6. The number of carbonyl (C=O) groups is 1. The van der Waals surface area contributed by atoms with E-state index in [9.17, 15) is 18.0 Å². The summed E-state index contributed by atoms with van der Waals surface area (Å²) >= 11 is 0. The molecule has 2 bridgehead atoms. The lowest BCUT2D eigenvalue weighted by Gasteiger charge is -2.15. The minimum absolute atomic E-state index is 0.00971. The van der Waals surface area contributed by atoms with Gasteiger partial charge in [-0.3, -0.25) is 0 Å². The van der Waals surface area contributed by atoms with E-state index in [0.717, 1.165) is 0 Å². The Morgan fingerprint density at radius 2 is 0.260 bits per heavy atom. The molecule has 0 saturated carbocycles. The molecule has 0 N–H and O–H groups in total. The van der Waals surface area contributed by atoms with Gasteiger partial charge in [-0.1, -0.05) is 12.2 Å². The number of hydrogen-bond acceptors (Lipinski definition) is 48. The molecule has 0 saturated heterocycles. The zero-order valence-corrected chi connectivity index (χ0v) is 89.7. The predicted molar refractivity (Wildman–Crippen MR) is 530 cm³/mol. The van der Waals surface area contributed by atoms with Crippen LogP contribution in [0.15, 0.2) is 23.3 Å². The van der Waals surface area contributed by atoms with Gasteiger partial charge in [-0.05, 0) is 0 Å². The summed E-state index contributed by atoms with van der Waals surface area (Å²) in [5, 5.41) is 0. The van der Waals surface area contributed by atoms with E-state index in [0.29, 0.717) is 568 Å². The molecule has 2 rings (SSSR count). The summed E-state index contributed by atoms with van der Waals surface area (Å²) in [5.41, 5.74) is -1.51. The van der Waals surface area contributed by atoms with E-state index in [4.69, 9.17) is 223 Å². The van der Waals surface area contributed by atoms with E-state index in [1.54, 1.807) is 7.11 Å². The van der Waals surface area contributed by atoms with Crippen LogP contribution >= 0.6 is 0 Å². The largest absolute Gasteiger partial charge is 0.460 e. The monoisotopic (exact) mass is 2200 g/mol. The van der Waals surface area contributed by atoms with Crippen LogP contribution in [-0.4, -0.2) is 626 Å². The van der Waals surface area contributed by atoms with Gasteiger partial charge < -0.3 is 223 Å². The highest BCUT2D eigenvalue weighted by Crippen LogP contribution is 2.43. The van der Waals surface area contributed by atoms with Gasteiger partial charge in [-0.2, -0.15) is 13.2 Å². The van der Waals surface area contributed by atoms with Gasteiger partial charge in [0.1, 0.15) is 18.8 Å². The number of alkyl halides is 3. The van der Waals surface area contributed by atoms with E-state index < -0.39 is 35.5 Å². The maximum atomic E-state index is 13.3. The quantitative estimate of drug-likeness (QED) is 0.0478. The third-order valence-electron chi connectivity index (χ3n) is 19.0. The highest BCUT2D eigenvalue weighted by atomic mass is 19.4. The molecule has 0 aliphatic carbocycles. The van der Waals surface area contributed by atoms with Gasteiger partial charge >= 0.3 is 12.1 Å². The lowest BCUT2D eigenvalue weighted by molar-refractivity contribution is -0.142. The smallest absolute Gasteiger partial charge is 0.416 e. The molecule has 892 valence electrons. The molecule has 51 heteroatoms. The molecule has 0 aromatic carbocycles. The first-order chi connectivity index (χ1) is 74.4. The van der Waals surface area contributed by atoms with Crippen molar-refractivity contribution in [3.05, 3.63) is 23.3 Å². The second-order valence-electron chi connectivity index (χ2n) is 30.8. The average Bonchev–Trinajstić information content (AvgIpc) is 1.60. The van der Waals surface area contributed by atoms with Crippen LogP contribution in [0.3, 0.4) is 0 Å². The van der Waals surface area contributed by atoms with Crippen LogP contribution in [0.4, 0.5) is 13.2 Å². The van der Waals surface area contributed by atoms with Crippen LogP contribution in [0.2, 0.25) is 0 Å². The Morgan fingerprint density at radius 1 is 0.167 bits per heavy atom. The van der Waals surface area contributed by atoms with Gasteiger partial charge in [0.2, 0.25) is 0 Å². The Balaban J connectivity index is 1.07. The standard InChI is InChI=1S/C99H187F3O48/c1-104-4-5-105-6-7-106-8-9-107-10-11-108-12-13-109-14-15-110-16-17-111-18-19-112-20-21-113-22-23-114-24-25-115-26-27-116-28-29-117-30-31-118-32-33-119-34-35-120-36-37-121-38-39-122-40-41-123-42-43-124-44-45-125-46-47-126-48-49-127-50-51-128-52-53-129-54-55-130-56-57-131-58-59-132-60-61-133-62-63-134-64-65-135-66-67-136-68-69-137-70-71-138-72-73-139-74-75-140-76-77-141-78-79-142-80-81-143-82-83-144-84-85-145-86-87-146-88-89-147-90-91-148-92-93-149-98(103)96-94-2-3-95(150-94)97(96)99(100,101)102/h2-3,94-95H,4-93H2,1H3. The first kappa shape index (κ1) is 143. The summed E-state index contributed by atoms with van der Waals surface area (Å²) in [5.74, 6) is -1.06. The molecule has 48 nitrogen and oxygen atoms in total. The van der Waals surface area contributed by atoms with Gasteiger partial charge in [0.25, 0.3) is 0 Å². The molecule has 2 unspecified atom stereocenters. The van der Waals surface area contributed by atoms with Gasteiger partial charge in [0.15, 0.2) is 0 Å². The summed E-state index contributed by atoms with van der Waals surface area (Å²) in [6.07, 6.45) is -4.30. The summed E-state index contributed by atoms with van der Waals surface area (Å²) < 4.78 is 298. The molecule has 150 heavy (non-hydrogen) atoms. The second kappa shape index (κ2) is 124. The summed E-state index contributed by atoms with van der Waals surface area (Å²) in [6.45, 7) is 40.6. The van der Waals surface area contributed by atoms with Crippen molar-refractivity contribution in [2.24, 2.45) is 0 Å². The number of ether oxygens (including phenoxy) is 47. The third kappa shape index (κ3) is 110. The molecule has 2 aliphatic heterocycles. The maximum Gasteiger partial charge on any atom is 0.416 e. The highest BCUT2D eigenvalue weighted by Gasteiger charge is 2.52. The Hall–Kier alpha value is -3.10. The summed E-state index contributed by atoms with van der Waals surface area (Å²) in [4.78, 5) is 12.2. The number of hydrogen-bond donors (Lipinski definition) is 0. The van der Waals surface area contributed by atoms with Crippen molar-refractivity contribution in [3.8, 4) is 0 Å². The molecule has 2 aliphatic rings. The van der Waals surface area contributed by atoms with Crippen molar-refractivity contribution < 1.29 is 241 Å². The number of esters is 1. The Bertz CT molecular complexity index is 2470. The molecular weight excluding hydrogens is 2010 g/mol. The van der Waals surface area contributed by atoms with E-state index in [2.05, 4.69) is 0 Å². The summed E-state index contributed by atoms with van der Waals surface area (Å²) in [7, 11) is 1.64. The molecule has 0 amide bonds. The van der Waals surface area contributed by atoms with Gasteiger partial charge in [0.05, 0.1) is 599 Å². The van der Waals surface area contributed by atoms with Crippen molar-refractivity contribution in [1.82, 2.24) is 0 Å². The first-order valence-corrected chi connectivity index (χ1v) is 52.7. The first-order valence-electron chi connectivity index (χ1n) is 52.7. The third-order valence-corrected chi connectivity index (χ3v) is 19.0. The Morgan fingerprint density at radius 3 is 0.360 bits per heavy atom. The normalized spacial score (nSPS) is 13.7. The molecular formula is C99H187F3O48. The fraction of sp³-hybridized carbons (Fsp3) is 0.949. The Kier molecular flexibility index (Phi) is 119. The molecule has 0 fully saturated rings. The minimum atomic E-state index is -4.68. The number of rotatable bonds is 136.